The fourth-order valence-electron chi connectivity index (χ4n) is 2.82. The molecule has 2 rings (SSSR count). The van der Waals surface area contributed by atoms with Gasteiger partial charge in [-0.2, -0.15) is 0 Å². The number of alkyl halides is 1. The lowest BCUT2D eigenvalue weighted by Crippen LogP contribution is -2.31. The van der Waals surface area contributed by atoms with Crippen LogP contribution in [0.1, 0.15) is 49.1 Å². The smallest absolute Gasteiger partial charge is 0.227 e. The lowest BCUT2D eigenvalue weighted by Gasteiger charge is -2.27. The number of aryl methyl sites for hydroxylation is 1. The second kappa shape index (κ2) is 6.08. The van der Waals surface area contributed by atoms with Gasteiger partial charge in [-0.1, -0.05) is 54.8 Å². The molecule has 0 radical (unpaired) electrons. The minimum absolute atomic E-state index is 0.218. The molecule has 1 amide bonds. The molecule has 1 unspecified atom stereocenters. The van der Waals surface area contributed by atoms with E-state index in [0.717, 1.165) is 12.1 Å². The van der Waals surface area contributed by atoms with E-state index in [1.54, 1.807) is 4.90 Å². The molecule has 0 aromatic heterocycles. The van der Waals surface area contributed by atoms with Gasteiger partial charge in [-0.25, -0.2) is 0 Å². The fourth-order valence-corrected chi connectivity index (χ4v) is 3.86. The molecular weight excluding hydrogens is 302 g/mol. The summed E-state index contributed by atoms with van der Waals surface area (Å²) in [5, 5.41) is 0. The first-order valence-corrected chi connectivity index (χ1v) is 8.03. The molecule has 1 aliphatic heterocycles. The molecule has 19 heavy (non-hydrogen) atoms. The van der Waals surface area contributed by atoms with Crippen molar-refractivity contribution in [3.8, 4) is 0 Å². The minimum Gasteiger partial charge on any atom is -0.315 e. The molecule has 1 aliphatic rings. The molecule has 3 heteroatoms. The van der Waals surface area contributed by atoms with Crippen molar-refractivity contribution in [2.24, 2.45) is 5.92 Å². The standard InChI is InChI=1S/C16H22BrNO/c1-4-11(5-2)16(17)13-6-8-14-12(10-13)7-9-15(19)18(14)3/h6,8,10-11,16H,4-5,7,9H2,1-3H3. The van der Waals surface area contributed by atoms with Crippen LogP contribution >= 0.6 is 15.9 Å². The molecule has 1 heterocycles. The third kappa shape index (κ3) is 2.86. The van der Waals surface area contributed by atoms with Gasteiger partial charge in [0.2, 0.25) is 5.91 Å². The molecule has 0 fully saturated rings. The SMILES string of the molecule is CCC(CC)C(Br)c1ccc2c(c1)CCC(=O)N2C. The van der Waals surface area contributed by atoms with Crippen LogP contribution in [0.25, 0.3) is 0 Å². The van der Waals surface area contributed by atoms with Gasteiger partial charge in [0.15, 0.2) is 0 Å². The zero-order valence-electron chi connectivity index (χ0n) is 11.9. The van der Waals surface area contributed by atoms with Gasteiger partial charge in [-0.3, -0.25) is 4.79 Å². The van der Waals surface area contributed by atoms with Crippen LogP contribution in [0.2, 0.25) is 0 Å². The summed E-state index contributed by atoms with van der Waals surface area (Å²) in [5.41, 5.74) is 3.72. The van der Waals surface area contributed by atoms with E-state index in [2.05, 4.69) is 48.0 Å². The van der Waals surface area contributed by atoms with Crippen LogP contribution < -0.4 is 4.90 Å². The monoisotopic (exact) mass is 323 g/mol. The average molecular weight is 324 g/mol. The summed E-state index contributed by atoms with van der Waals surface area (Å²) < 4.78 is 0. The van der Waals surface area contributed by atoms with Crippen molar-refractivity contribution in [1.82, 2.24) is 0 Å². The molecule has 1 atom stereocenters. The average Bonchev–Trinajstić information content (AvgIpc) is 2.44. The molecular formula is C16H22BrNO. The highest BCUT2D eigenvalue weighted by atomic mass is 79.9. The Labute approximate surface area is 124 Å². The summed E-state index contributed by atoms with van der Waals surface area (Å²) in [6, 6.07) is 6.53. The molecule has 0 N–H and O–H groups in total. The largest absolute Gasteiger partial charge is 0.315 e. The van der Waals surface area contributed by atoms with E-state index in [9.17, 15) is 4.79 Å². The van der Waals surface area contributed by atoms with Crippen LogP contribution in [-0.4, -0.2) is 13.0 Å². The predicted molar refractivity (Wildman–Crippen MR) is 83.9 cm³/mol. The van der Waals surface area contributed by atoms with Gasteiger partial charge in [0.05, 0.1) is 0 Å². The van der Waals surface area contributed by atoms with Gasteiger partial charge in [0, 0.05) is 24.0 Å². The Hall–Kier alpha value is -0.830. The number of rotatable bonds is 4. The van der Waals surface area contributed by atoms with Gasteiger partial charge in [-0.15, -0.1) is 0 Å². The summed E-state index contributed by atoms with van der Waals surface area (Å²) in [4.78, 5) is 13.9. The number of carbonyl (C=O) groups excluding carboxylic acids is 1. The molecule has 2 nitrogen and oxygen atoms in total. The van der Waals surface area contributed by atoms with E-state index in [-0.39, 0.29) is 5.91 Å². The van der Waals surface area contributed by atoms with Gasteiger partial charge < -0.3 is 4.90 Å². The summed E-state index contributed by atoms with van der Waals surface area (Å²) in [6.07, 6.45) is 3.86. The fraction of sp³-hybridized carbons (Fsp3) is 0.562. The summed E-state index contributed by atoms with van der Waals surface area (Å²) in [6.45, 7) is 4.49. The number of anilines is 1. The molecule has 0 spiro atoms. The van der Waals surface area contributed by atoms with Gasteiger partial charge in [-0.05, 0) is 29.5 Å². The molecule has 0 bridgehead atoms. The molecule has 1 aromatic rings. The van der Waals surface area contributed by atoms with Gasteiger partial charge >= 0.3 is 0 Å². The Kier molecular flexibility index (Phi) is 4.67. The highest BCUT2D eigenvalue weighted by molar-refractivity contribution is 9.09. The lowest BCUT2D eigenvalue weighted by molar-refractivity contribution is -0.118. The number of carbonyl (C=O) groups is 1. The maximum absolute atomic E-state index is 11.7. The van der Waals surface area contributed by atoms with Gasteiger partial charge in [0.25, 0.3) is 0 Å². The third-order valence-electron chi connectivity index (χ3n) is 4.23. The lowest BCUT2D eigenvalue weighted by atomic mass is 9.91. The molecule has 0 saturated carbocycles. The van der Waals surface area contributed by atoms with E-state index in [4.69, 9.17) is 0 Å². The molecule has 0 aliphatic carbocycles. The Morgan fingerprint density at radius 1 is 1.26 bits per heavy atom. The van der Waals surface area contributed by atoms with E-state index in [0.29, 0.717) is 17.2 Å². The number of hydrogen-bond donors (Lipinski definition) is 0. The highest BCUT2D eigenvalue weighted by Gasteiger charge is 2.23. The second-order valence-corrected chi connectivity index (χ2v) is 6.31. The Balaban J connectivity index is 2.29. The number of fused-ring (bicyclic) bond motifs is 1. The van der Waals surface area contributed by atoms with E-state index in [1.165, 1.54) is 24.0 Å². The number of amides is 1. The summed E-state index contributed by atoms with van der Waals surface area (Å²) in [5.74, 6) is 0.886. The van der Waals surface area contributed by atoms with E-state index >= 15 is 0 Å². The number of benzene rings is 1. The van der Waals surface area contributed by atoms with Crippen molar-refractivity contribution in [1.29, 1.82) is 0 Å². The van der Waals surface area contributed by atoms with Crippen molar-refractivity contribution in [3.63, 3.8) is 0 Å². The topological polar surface area (TPSA) is 20.3 Å². The predicted octanol–water partition coefficient (Wildman–Crippen LogP) is 4.47. The quantitative estimate of drug-likeness (QED) is 0.749. The summed E-state index contributed by atoms with van der Waals surface area (Å²) >= 11 is 3.85. The normalized spacial score (nSPS) is 16.7. The number of nitrogens with zero attached hydrogens (tertiary/aromatic N) is 1. The molecule has 104 valence electrons. The number of hydrogen-bond acceptors (Lipinski definition) is 1. The maximum atomic E-state index is 11.7. The van der Waals surface area contributed by atoms with E-state index < -0.39 is 0 Å². The number of halogens is 1. The minimum atomic E-state index is 0.218. The third-order valence-corrected chi connectivity index (χ3v) is 5.50. The van der Waals surface area contributed by atoms with Crippen molar-refractivity contribution in [2.75, 3.05) is 11.9 Å². The Bertz CT molecular complexity index is 468. The van der Waals surface area contributed by atoms with Crippen LogP contribution in [0.4, 0.5) is 5.69 Å². The molecule has 0 saturated heterocycles. The highest BCUT2D eigenvalue weighted by Crippen LogP contribution is 2.38. The first kappa shape index (κ1) is 14.6. The molecule has 1 aromatic carbocycles. The van der Waals surface area contributed by atoms with Gasteiger partial charge in [0.1, 0.15) is 0 Å². The first-order chi connectivity index (χ1) is 9.08. The van der Waals surface area contributed by atoms with Crippen LogP contribution in [0.5, 0.6) is 0 Å². The van der Waals surface area contributed by atoms with Crippen molar-refractivity contribution < 1.29 is 4.79 Å². The zero-order chi connectivity index (χ0) is 14.0. The van der Waals surface area contributed by atoms with Crippen molar-refractivity contribution in [3.05, 3.63) is 29.3 Å². The second-order valence-electron chi connectivity index (χ2n) is 5.32. The van der Waals surface area contributed by atoms with Crippen molar-refractivity contribution >= 4 is 27.5 Å². The van der Waals surface area contributed by atoms with E-state index in [1.807, 2.05) is 7.05 Å². The Morgan fingerprint density at radius 3 is 2.58 bits per heavy atom. The first-order valence-electron chi connectivity index (χ1n) is 7.11. The Morgan fingerprint density at radius 2 is 1.95 bits per heavy atom. The van der Waals surface area contributed by atoms with Crippen molar-refractivity contribution in [2.45, 2.75) is 44.4 Å². The van der Waals surface area contributed by atoms with Crippen LogP contribution in [-0.2, 0) is 11.2 Å². The van der Waals surface area contributed by atoms with Crippen LogP contribution in [0.15, 0.2) is 18.2 Å². The maximum Gasteiger partial charge on any atom is 0.227 e. The summed E-state index contributed by atoms with van der Waals surface area (Å²) in [7, 11) is 1.87. The van der Waals surface area contributed by atoms with Crippen LogP contribution in [0.3, 0.4) is 0 Å². The van der Waals surface area contributed by atoms with Crippen LogP contribution in [0, 0.1) is 5.92 Å². The zero-order valence-corrected chi connectivity index (χ0v) is 13.5.